The topological polar surface area (TPSA) is 26.3 Å². The smallest absolute Gasteiger partial charge is 0.192 e. The van der Waals surface area contributed by atoms with Crippen LogP contribution in [-0.2, 0) is 9.22 Å². The number of carbonyl (C=O) groups is 1. The van der Waals surface area contributed by atoms with Gasteiger partial charge in [0.2, 0.25) is 0 Å². The van der Waals surface area contributed by atoms with E-state index in [2.05, 4.69) is 40.8 Å². The molecule has 0 aromatic rings. The Morgan fingerprint density at radius 3 is 2.48 bits per heavy atom. The molecule has 6 atom stereocenters. The van der Waals surface area contributed by atoms with Gasteiger partial charge in [0.25, 0.3) is 0 Å². The Hall–Kier alpha value is -0.413. The highest BCUT2D eigenvalue weighted by Gasteiger charge is 2.58. The quantitative estimate of drug-likeness (QED) is 0.503. The Morgan fingerprint density at radius 2 is 1.78 bits per heavy atom. The van der Waals surface area contributed by atoms with E-state index in [1.807, 2.05) is 6.08 Å². The molecule has 3 heteroatoms. The lowest BCUT2D eigenvalue weighted by Gasteiger charge is -2.54. The number of hydrogen-bond donors (Lipinski definition) is 0. The highest BCUT2D eigenvalue weighted by atomic mass is 28.4. The fourth-order valence-corrected chi connectivity index (χ4v) is 8.31. The predicted molar refractivity (Wildman–Crippen MR) is 114 cm³/mol. The van der Waals surface area contributed by atoms with E-state index in [4.69, 9.17) is 4.43 Å². The van der Waals surface area contributed by atoms with Gasteiger partial charge in [-0.1, -0.05) is 33.3 Å². The van der Waals surface area contributed by atoms with Crippen molar-refractivity contribution in [2.75, 3.05) is 0 Å². The van der Waals surface area contributed by atoms with Gasteiger partial charge in [-0.15, -0.1) is 0 Å². The highest BCUT2D eigenvalue weighted by Crippen LogP contribution is 2.63. The van der Waals surface area contributed by atoms with Crippen molar-refractivity contribution in [3.8, 4) is 0 Å². The van der Waals surface area contributed by atoms with Crippen LogP contribution >= 0.6 is 0 Å². The fourth-order valence-electron chi connectivity index (χ4n) is 6.86. The lowest BCUT2D eigenvalue weighted by molar-refractivity contribution is -0.116. The Morgan fingerprint density at radius 1 is 1.04 bits per heavy atom. The van der Waals surface area contributed by atoms with Gasteiger partial charge in [-0.25, -0.2) is 0 Å². The number of rotatable bonds is 2. The molecule has 0 bridgehead atoms. The zero-order chi connectivity index (χ0) is 19.6. The molecule has 0 radical (unpaired) electrons. The first kappa shape index (κ1) is 19.9. The number of allylic oxidation sites excluding steroid dienone is 1. The van der Waals surface area contributed by atoms with Crippen molar-refractivity contribution in [3.63, 3.8) is 0 Å². The lowest BCUT2D eigenvalue weighted by Crippen LogP contribution is -2.52. The molecule has 0 aromatic heterocycles. The molecule has 27 heavy (non-hydrogen) atoms. The molecule has 0 heterocycles. The second kappa shape index (κ2) is 6.55. The molecule has 0 spiro atoms. The van der Waals surface area contributed by atoms with Crippen molar-refractivity contribution >= 4 is 14.1 Å². The minimum absolute atomic E-state index is 0.290. The van der Waals surface area contributed by atoms with Crippen molar-refractivity contribution < 1.29 is 9.22 Å². The molecule has 0 aliphatic heterocycles. The molecule has 2 nitrogen and oxygen atoms in total. The van der Waals surface area contributed by atoms with Crippen LogP contribution in [0.4, 0.5) is 0 Å². The summed E-state index contributed by atoms with van der Waals surface area (Å²) in [7, 11) is -1.72. The zero-order valence-electron chi connectivity index (χ0n) is 18.4. The van der Waals surface area contributed by atoms with E-state index in [-0.39, 0.29) is 5.04 Å². The normalized spacial score (nSPS) is 42.2. The number of fused-ring (bicyclic) bond motifs is 5. The monoisotopic (exact) mass is 388 g/mol. The van der Waals surface area contributed by atoms with E-state index < -0.39 is 8.32 Å². The third kappa shape index (κ3) is 3.21. The molecule has 0 saturated heterocycles. The highest BCUT2D eigenvalue weighted by molar-refractivity contribution is 6.74. The van der Waals surface area contributed by atoms with Gasteiger partial charge in [-0.2, -0.15) is 0 Å². The lowest BCUT2D eigenvalue weighted by atomic mass is 9.52. The Kier molecular flexibility index (Phi) is 4.83. The molecule has 3 unspecified atom stereocenters. The molecule has 152 valence electrons. The van der Waals surface area contributed by atoms with Crippen LogP contribution in [0.2, 0.25) is 18.1 Å². The Balaban J connectivity index is 1.54. The molecule has 0 N–H and O–H groups in total. The molecule has 4 aliphatic carbocycles. The SMILES string of the molecule is CC(C)(C)[Si](C)(C)OC1CCC2[C@@H]3CCC4=CC(=O)CC[C@@H]4C3CC[C@]12C. The first-order valence-electron chi connectivity index (χ1n) is 11.4. The molecule has 0 amide bonds. The third-order valence-electron chi connectivity index (χ3n) is 9.46. The van der Waals surface area contributed by atoms with Crippen LogP contribution in [0.5, 0.6) is 0 Å². The average molecular weight is 389 g/mol. The molecular formula is C24H40O2Si. The Labute approximate surface area is 167 Å². The van der Waals surface area contributed by atoms with Gasteiger partial charge in [0.15, 0.2) is 14.1 Å². The van der Waals surface area contributed by atoms with Gasteiger partial charge >= 0.3 is 0 Å². The predicted octanol–water partition coefficient (Wildman–Crippen LogP) is 6.52. The van der Waals surface area contributed by atoms with E-state index in [9.17, 15) is 4.79 Å². The van der Waals surface area contributed by atoms with E-state index in [1.54, 1.807) is 0 Å². The zero-order valence-corrected chi connectivity index (χ0v) is 19.4. The molecule has 3 fully saturated rings. The summed E-state index contributed by atoms with van der Waals surface area (Å²) in [6.45, 7) is 14.5. The van der Waals surface area contributed by atoms with Crippen molar-refractivity contribution in [3.05, 3.63) is 11.6 Å². The summed E-state index contributed by atoms with van der Waals surface area (Å²) in [5.41, 5.74) is 1.88. The average Bonchev–Trinajstić information content (AvgIpc) is 2.89. The van der Waals surface area contributed by atoms with Crippen LogP contribution in [0.25, 0.3) is 0 Å². The first-order chi connectivity index (χ1) is 12.5. The van der Waals surface area contributed by atoms with Gasteiger partial charge in [0, 0.05) is 6.42 Å². The van der Waals surface area contributed by atoms with Crippen molar-refractivity contribution in [2.24, 2.45) is 29.1 Å². The molecule has 4 aliphatic rings. The van der Waals surface area contributed by atoms with E-state index in [0.29, 0.717) is 23.2 Å². The minimum atomic E-state index is -1.72. The summed E-state index contributed by atoms with van der Waals surface area (Å²) >= 11 is 0. The molecule has 3 saturated carbocycles. The van der Waals surface area contributed by atoms with E-state index >= 15 is 0 Å². The third-order valence-corrected chi connectivity index (χ3v) is 13.9. The maximum absolute atomic E-state index is 11.9. The molecule has 0 aromatic carbocycles. The minimum Gasteiger partial charge on any atom is -0.413 e. The summed E-state index contributed by atoms with van der Waals surface area (Å²) in [4.78, 5) is 11.9. The van der Waals surface area contributed by atoms with E-state index in [1.165, 1.54) is 44.1 Å². The van der Waals surface area contributed by atoms with Gasteiger partial charge in [0.05, 0.1) is 6.10 Å². The summed E-state index contributed by atoms with van der Waals surface area (Å²) in [5, 5.41) is 0.290. The summed E-state index contributed by atoms with van der Waals surface area (Å²) in [5.74, 6) is 3.63. The number of ketones is 1. The van der Waals surface area contributed by atoms with Crippen LogP contribution in [0.15, 0.2) is 11.6 Å². The van der Waals surface area contributed by atoms with Crippen molar-refractivity contribution in [2.45, 2.75) is 103 Å². The summed E-state index contributed by atoms with van der Waals surface area (Å²) in [6, 6.07) is 0. The Bertz CT molecular complexity index is 643. The standard InChI is InChI=1S/C24H40O2Si/c1-23(2,3)27(5,6)26-22-12-11-21-20-9-7-16-15-17(25)8-10-18(16)19(20)13-14-24(21,22)4/h15,18-22H,7-14H2,1-6H3/t18-,19?,20+,21?,22?,24-/m0/s1. The van der Waals surface area contributed by atoms with Gasteiger partial charge in [0.1, 0.15) is 0 Å². The summed E-state index contributed by atoms with van der Waals surface area (Å²) < 4.78 is 7.02. The van der Waals surface area contributed by atoms with Gasteiger partial charge in [-0.3, -0.25) is 4.79 Å². The maximum Gasteiger partial charge on any atom is 0.192 e. The van der Waals surface area contributed by atoms with Gasteiger partial charge < -0.3 is 4.43 Å². The van der Waals surface area contributed by atoms with Crippen LogP contribution in [-0.4, -0.2) is 20.2 Å². The molecular weight excluding hydrogens is 348 g/mol. The second-order valence-corrected chi connectivity index (χ2v) is 16.5. The summed E-state index contributed by atoms with van der Waals surface area (Å²) in [6.07, 6.45) is 12.2. The molecule has 4 rings (SSSR count). The number of carbonyl (C=O) groups excluding carboxylic acids is 1. The van der Waals surface area contributed by atoms with E-state index in [0.717, 1.165) is 30.6 Å². The van der Waals surface area contributed by atoms with Crippen LogP contribution < -0.4 is 0 Å². The van der Waals surface area contributed by atoms with Gasteiger partial charge in [-0.05, 0) is 98.2 Å². The first-order valence-corrected chi connectivity index (χ1v) is 14.3. The maximum atomic E-state index is 11.9. The fraction of sp³-hybridized carbons (Fsp3) is 0.875. The van der Waals surface area contributed by atoms with Crippen LogP contribution in [0.3, 0.4) is 0 Å². The largest absolute Gasteiger partial charge is 0.413 e. The van der Waals surface area contributed by atoms with Crippen molar-refractivity contribution in [1.82, 2.24) is 0 Å². The van der Waals surface area contributed by atoms with Crippen LogP contribution in [0.1, 0.15) is 79.1 Å². The van der Waals surface area contributed by atoms with Crippen molar-refractivity contribution in [1.29, 1.82) is 0 Å². The second-order valence-electron chi connectivity index (χ2n) is 11.8. The van der Waals surface area contributed by atoms with Crippen LogP contribution in [0, 0.1) is 29.1 Å². The number of hydrogen-bond acceptors (Lipinski definition) is 2.